The number of nitrogens with two attached hydrogens (primary N) is 1. The van der Waals surface area contributed by atoms with E-state index in [9.17, 15) is 0 Å². The summed E-state index contributed by atoms with van der Waals surface area (Å²) in [7, 11) is 0. The Bertz CT molecular complexity index is 1260. The highest BCUT2D eigenvalue weighted by atomic mass is 32.1. The van der Waals surface area contributed by atoms with Crippen molar-refractivity contribution in [3.8, 4) is 0 Å². The first-order valence-corrected chi connectivity index (χ1v) is 21.5. The first-order valence-electron chi connectivity index (χ1n) is 20.7. The molecule has 3 nitrogen and oxygen atoms in total. The second kappa shape index (κ2) is 20.4. The van der Waals surface area contributed by atoms with Crippen molar-refractivity contribution < 1.29 is 0 Å². The van der Waals surface area contributed by atoms with Gasteiger partial charge in [0.2, 0.25) is 0 Å². The zero-order chi connectivity index (χ0) is 35.1. The van der Waals surface area contributed by atoms with Crippen LogP contribution in [0.3, 0.4) is 0 Å². The van der Waals surface area contributed by atoms with Crippen LogP contribution in [0.15, 0.2) is 54.0 Å². The highest BCUT2D eigenvalue weighted by Crippen LogP contribution is 2.54. The summed E-state index contributed by atoms with van der Waals surface area (Å²) in [6, 6.07) is 0. The third kappa shape index (κ3) is 12.5. The number of nitrogens with one attached hydrogen (secondary N) is 1. The third-order valence-corrected chi connectivity index (χ3v) is 13.1. The average molecular weight is 688 g/mol. The molecule has 1 aromatic rings. The zero-order valence-corrected chi connectivity index (χ0v) is 33.1. The Morgan fingerprint density at radius 3 is 2.29 bits per heavy atom. The molecule has 0 radical (unpaired) electrons. The van der Waals surface area contributed by atoms with Crippen LogP contribution in [-0.2, 0) is 5.54 Å². The summed E-state index contributed by atoms with van der Waals surface area (Å²) in [4.78, 5) is 6.11. The van der Waals surface area contributed by atoms with Gasteiger partial charge in [0.05, 0.1) is 16.0 Å². The van der Waals surface area contributed by atoms with E-state index in [-0.39, 0.29) is 11.1 Å². The third-order valence-electron chi connectivity index (χ3n) is 11.9. The van der Waals surface area contributed by atoms with E-state index in [1.807, 2.05) is 11.3 Å². The maximum Gasteiger partial charge on any atom is 0.115 e. The lowest BCUT2D eigenvalue weighted by Gasteiger charge is -2.32. The number of unbranched alkanes of at least 4 members (excludes halogenated alkanes) is 5. The van der Waals surface area contributed by atoms with E-state index < -0.39 is 0 Å². The topological polar surface area (TPSA) is 60.8 Å². The SMILES string of the molecule is C=C=C(c1cnc(C2(CCCC/C(C)=C/C(=C\C(=C)C)CCCCCCC)CN2)s1)C1(N)CCCC1C1CC1.CCCC1CCCCCC1. The Morgan fingerprint density at radius 1 is 0.939 bits per heavy atom. The number of hydrogen-bond donors (Lipinski definition) is 2. The van der Waals surface area contributed by atoms with E-state index in [4.69, 9.17) is 10.7 Å². The molecule has 3 aliphatic carbocycles. The van der Waals surface area contributed by atoms with Gasteiger partial charge in [0.1, 0.15) is 5.01 Å². The van der Waals surface area contributed by atoms with Crippen LogP contribution < -0.4 is 11.1 Å². The molecule has 3 atom stereocenters. The molecular weight excluding hydrogens is 615 g/mol. The van der Waals surface area contributed by atoms with E-state index in [1.54, 1.807) is 0 Å². The minimum absolute atomic E-state index is 0.0592. The fourth-order valence-electron chi connectivity index (χ4n) is 8.87. The van der Waals surface area contributed by atoms with Crippen LogP contribution in [0.5, 0.6) is 0 Å². The summed E-state index contributed by atoms with van der Waals surface area (Å²) >= 11 is 1.83. The number of allylic oxidation sites excluding steroid dienone is 5. The molecule has 3 saturated carbocycles. The van der Waals surface area contributed by atoms with E-state index in [0.717, 1.165) is 48.8 Å². The Kier molecular flexibility index (Phi) is 16.6. The van der Waals surface area contributed by atoms with Crippen molar-refractivity contribution in [1.29, 1.82) is 0 Å². The van der Waals surface area contributed by atoms with Crippen LogP contribution in [-0.4, -0.2) is 17.1 Å². The molecule has 3 unspecified atom stereocenters. The Labute approximate surface area is 306 Å². The number of thiazole rings is 1. The molecule has 0 spiro atoms. The molecule has 274 valence electrons. The summed E-state index contributed by atoms with van der Waals surface area (Å²) in [5.41, 5.74) is 15.4. The smallest absolute Gasteiger partial charge is 0.115 e. The van der Waals surface area contributed by atoms with Gasteiger partial charge in [-0.1, -0.05) is 140 Å². The van der Waals surface area contributed by atoms with Crippen LogP contribution in [0, 0.1) is 17.8 Å². The molecule has 1 aromatic heterocycles. The van der Waals surface area contributed by atoms with E-state index in [2.05, 4.69) is 70.2 Å². The summed E-state index contributed by atoms with van der Waals surface area (Å²) in [6.07, 6.45) is 37.4. The molecular formula is C45H73N3S. The van der Waals surface area contributed by atoms with E-state index in [1.165, 1.54) is 149 Å². The molecule has 4 aliphatic rings. The van der Waals surface area contributed by atoms with Gasteiger partial charge in [-0.05, 0) is 95.0 Å². The maximum absolute atomic E-state index is 7.11. The molecule has 1 saturated heterocycles. The molecule has 4 heteroatoms. The summed E-state index contributed by atoms with van der Waals surface area (Å²) in [5, 5.41) is 4.89. The summed E-state index contributed by atoms with van der Waals surface area (Å²) in [5.74, 6) is 2.48. The van der Waals surface area contributed by atoms with Gasteiger partial charge in [-0.15, -0.1) is 17.1 Å². The van der Waals surface area contributed by atoms with Crippen molar-refractivity contribution in [2.24, 2.45) is 23.5 Å². The van der Waals surface area contributed by atoms with E-state index >= 15 is 0 Å². The lowest BCUT2D eigenvalue weighted by atomic mass is 9.78. The van der Waals surface area contributed by atoms with Crippen molar-refractivity contribution in [1.82, 2.24) is 10.3 Å². The number of hydrogen-bond acceptors (Lipinski definition) is 4. The molecule has 5 rings (SSSR count). The van der Waals surface area contributed by atoms with Crippen molar-refractivity contribution in [2.75, 3.05) is 6.54 Å². The van der Waals surface area contributed by atoms with Gasteiger partial charge < -0.3 is 11.1 Å². The predicted octanol–water partition coefficient (Wildman–Crippen LogP) is 13.1. The Balaban J connectivity index is 0.000000463. The molecule has 4 fully saturated rings. The highest BCUT2D eigenvalue weighted by molar-refractivity contribution is 7.13. The van der Waals surface area contributed by atoms with Gasteiger partial charge in [-0.25, -0.2) is 4.98 Å². The molecule has 0 bridgehead atoms. The second-order valence-electron chi connectivity index (χ2n) is 16.5. The first-order chi connectivity index (χ1) is 23.7. The molecule has 0 aromatic carbocycles. The summed E-state index contributed by atoms with van der Waals surface area (Å²) < 4.78 is 0. The zero-order valence-electron chi connectivity index (χ0n) is 32.3. The van der Waals surface area contributed by atoms with Crippen molar-refractivity contribution in [3.05, 3.63) is 63.8 Å². The molecule has 1 aliphatic heterocycles. The first kappa shape index (κ1) is 40.1. The quantitative estimate of drug-likeness (QED) is 0.0500. The van der Waals surface area contributed by atoms with Crippen molar-refractivity contribution in [3.63, 3.8) is 0 Å². The molecule has 49 heavy (non-hydrogen) atoms. The van der Waals surface area contributed by atoms with Gasteiger partial charge in [-0.2, -0.15) is 0 Å². The lowest BCUT2D eigenvalue weighted by Crippen LogP contribution is -2.45. The molecule has 0 amide bonds. The van der Waals surface area contributed by atoms with Gasteiger partial charge in [0, 0.05) is 18.3 Å². The van der Waals surface area contributed by atoms with Crippen molar-refractivity contribution in [2.45, 2.75) is 186 Å². The monoisotopic (exact) mass is 688 g/mol. The lowest BCUT2D eigenvalue weighted by molar-refractivity contribution is 0.357. The number of aromatic nitrogens is 1. The Hall–Kier alpha value is -1.71. The average Bonchev–Trinajstić information content (AvgIpc) is 4.00. The fourth-order valence-corrected chi connectivity index (χ4v) is 10.1. The van der Waals surface area contributed by atoms with Crippen LogP contribution in [0.2, 0.25) is 0 Å². The van der Waals surface area contributed by atoms with Crippen LogP contribution in [0.1, 0.15) is 185 Å². The number of rotatable bonds is 19. The predicted molar refractivity (Wildman–Crippen MR) is 216 cm³/mol. The van der Waals surface area contributed by atoms with Crippen LogP contribution in [0.4, 0.5) is 0 Å². The summed E-state index contributed by atoms with van der Waals surface area (Å²) in [6.45, 7) is 18.2. The molecule has 2 heterocycles. The maximum atomic E-state index is 7.11. The standard InChI is InChI=1S/C35H53N3S.C10H20/c1-6-8-9-10-11-16-28(22-26(3)4)23-27(5)15-12-13-20-34(25-38-34)33-37-24-32(39-33)30(7-2)35(36)21-14-17-31(35)29-18-19-29;1-2-7-10-8-5-3-4-6-9-10/h22-24,29,31,38H,2-3,6,8-21,25,36H2,1,4-5H3;10H,2-9H2,1H3/b27-23+,28-22-;. The van der Waals surface area contributed by atoms with E-state index in [0.29, 0.717) is 5.92 Å². The fraction of sp³-hybridized carbons (Fsp3) is 0.733. The second-order valence-corrected chi connectivity index (χ2v) is 17.5. The number of nitrogens with zero attached hydrogens (tertiary/aromatic N) is 1. The normalized spacial score (nSPS) is 26.1. The highest BCUT2D eigenvalue weighted by Gasteiger charge is 2.51. The van der Waals surface area contributed by atoms with Gasteiger partial charge in [0.15, 0.2) is 0 Å². The van der Waals surface area contributed by atoms with Gasteiger partial charge in [0.25, 0.3) is 0 Å². The van der Waals surface area contributed by atoms with Gasteiger partial charge >= 0.3 is 0 Å². The minimum Gasteiger partial charge on any atom is -0.321 e. The Morgan fingerprint density at radius 2 is 1.65 bits per heavy atom. The van der Waals surface area contributed by atoms with Crippen molar-refractivity contribution >= 4 is 16.9 Å². The van der Waals surface area contributed by atoms with Gasteiger partial charge in [-0.3, -0.25) is 0 Å². The largest absolute Gasteiger partial charge is 0.321 e. The van der Waals surface area contributed by atoms with Crippen LogP contribution in [0.25, 0.3) is 5.57 Å². The van der Waals surface area contributed by atoms with Crippen LogP contribution >= 0.6 is 11.3 Å². The molecule has 3 N–H and O–H groups in total. The minimum atomic E-state index is -0.270.